The largest absolute Gasteiger partial charge is 0.464 e. The van der Waals surface area contributed by atoms with Crippen molar-refractivity contribution < 1.29 is 19.1 Å². The van der Waals surface area contributed by atoms with Crippen molar-refractivity contribution in [3.63, 3.8) is 0 Å². The Balaban J connectivity index is 0.00000364. The number of nitrogens with zero attached hydrogens (tertiary/aromatic N) is 2. The molecule has 9 heteroatoms. The third kappa shape index (κ3) is 3.97. The molecule has 2 rings (SSSR count). The number of halogens is 1. The monoisotopic (exact) mass is 402 g/mol. The zero-order valence-electron chi connectivity index (χ0n) is 16.9. The highest BCUT2D eigenvalue weighted by atomic mass is 35.5. The Morgan fingerprint density at radius 1 is 1.37 bits per heavy atom. The molecule has 154 valence electrons. The van der Waals surface area contributed by atoms with Gasteiger partial charge < -0.3 is 20.5 Å². The van der Waals surface area contributed by atoms with Crippen LogP contribution in [-0.2, 0) is 24.6 Å². The van der Waals surface area contributed by atoms with Crippen LogP contribution in [0.3, 0.4) is 0 Å². The van der Waals surface area contributed by atoms with E-state index in [-0.39, 0.29) is 24.4 Å². The van der Waals surface area contributed by atoms with E-state index in [2.05, 4.69) is 10.4 Å². The summed E-state index contributed by atoms with van der Waals surface area (Å²) >= 11 is 0. The molecule has 0 saturated heterocycles. The molecule has 1 amide bonds. The van der Waals surface area contributed by atoms with Gasteiger partial charge in [-0.05, 0) is 27.7 Å². The van der Waals surface area contributed by atoms with E-state index in [0.717, 1.165) is 0 Å². The molecule has 1 saturated carbocycles. The van der Waals surface area contributed by atoms with Crippen molar-refractivity contribution in [3.8, 4) is 0 Å². The summed E-state index contributed by atoms with van der Waals surface area (Å²) in [6.07, 6.45) is 3.51. The number of esters is 1. The van der Waals surface area contributed by atoms with Crippen LogP contribution in [0.5, 0.6) is 0 Å². The molecule has 2 atom stereocenters. The predicted octanol–water partition coefficient (Wildman–Crippen LogP) is 2.07. The first-order valence-electron chi connectivity index (χ1n) is 8.95. The zero-order chi connectivity index (χ0) is 19.8. The summed E-state index contributed by atoms with van der Waals surface area (Å²) in [6, 6.07) is 0. The fourth-order valence-corrected chi connectivity index (χ4v) is 3.16. The molecule has 0 spiro atoms. The summed E-state index contributed by atoms with van der Waals surface area (Å²) in [5, 5.41) is 7.00. The fourth-order valence-electron chi connectivity index (χ4n) is 3.16. The summed E-state index contributed by atoms with van der Waals surface area (Å²) in [5.74, 6) is -0.678. The van der Waals surface area contributed by atoms with Gasteiger partial charge in [0.25, 0.3) is 0 Å². The highest BCUT2D eigenvalue weighted by Crippen LogP contribution is 2.50. The Kier molecular flexibility index (Phi) is 7.07. The summed E-state index contributed by atoms with van der Waals surface area (Å²) in [6.45, 7) is 11.8. The van der Waals surface area contributed by atoms with Gasteiger partial charge >= 0.3 is 5.97 Å². The smallest absolute Gasteiger partial charge is 0.333 e. The molecule has 27 heavy (non-hydrogen) atoms. The molecule has 0 radical (unpaired) electrons. The molecule has 1 aliphatic carbocycles. The van der Waals surface area contributed by atoms with Crippen LogP contribution in [0.2, 0.25) is 0 Å². The lowest BCUT2D eigenvalue weighted by Gasteiger charge is -2.57. The first-order chi connectivity index (χ1) is 12.0. The summed E-state index contributed by atoms with van der Waals surface area (Å²) in [4.78, 5) is 24.8. The van der Waals surface area contributed by atoms with E-state index in [0.29, 0.717) is 25.3 Å². The van der Waals surface area contributed by atoms with Gasteiger partial charge in [0.1, 0.15) is 5.54 Å². The first-order valence-corrected chi connectivity index (χ1v) is 8.95. The van der Waals surface area contributed by atoms with E-state index in [9.17, 15) is 9.59 Å². The van der Waals surface area contributed by atoms with E-state index in [1.165, 1.54) is 10.9 Å². The molecule has 1 fully saturated rings. The Hall–Kier alpha value is -1.64. The minimum atomic E-state index is -1.02. The Bertz CT molecular complexity index is 689. The van der Waals surface area contributed by atoms with Gasteiger partial charge in [0.2, 0.25) is 5.91 Å². The van der Waals surface area contributed by atoms with Crippen LogP contribution in [-0.4, -0.2) is 46.5 Å². The zero-order valence-corrected chi connectivity index (χ0v) is 17.7. The number of carbonyl (C=O) groups excluding carboxylic acids is 2. The van der Waals surface area contributed by atoms with Crippen molar-refractivity contribution >= 4 is 30.0 Å². The second-order valence-corrected chi connectivity index (χ2v) is 7.75. The number of anilines is 1. The van der Waals surface area contributed by atoms with E-state index in [1.807, 2.05) is 20.8 Å². The van der Waals surface area contributed by atoms with E-state index in [4.69, 9.17) is 15.2 Å². The number of amides is 1. The molecule has 1 heterocycles. The van der Waals surface area contributed by atoms with Crippen LogP contribution >= 0.6 is 12.4 Å². The molecule has 0 bridgehead atoms. The number of nitrogens with one attached hydrogen (secondary N) is 1. The van der Waals surface area contributed by atoms with Crippen LogP contribution in [0.25, 0.3) is 0 Å². The van der Waals surface area contributed by atoms with Gasteiger partial charge in [0, 0.05) is 24.6 Å². The maximum Gasteiger partial charge on any atom is 0.333 e. The topological polar surface area (TPSA) is 108 Å². The minimum absolute atomic E-state index is 0. The highest BCUT2D eigenvalue weighted by Gasteiger charge is 2.62. The lowest BCUT2D eigenvalue weighted by Crippen LogP contribution is -2.74. The van der Waals surface area contributed by atoms with Crippen LogP contribution in [0, 0.1) is 5.41 Å². The van der Waals surface area contributed by atoms with Gasteiger partial charge in [-0.3, -0.25) is 9.48 Å². The number of aromatic nitrogens is 2. The SMILES string of the molecule is CCOC(=O)C(C)(C)n1cc(NC(=O)C2(N)CC(OCC)C2(C)C)cn1.Cl. The molecular formula is C18H31ClN4O4. The minimum Gasteiger partial charge on any atom is -0.464 e. The highest BCUT2D eigenvalue weighted by molar-refractivity contribution is 5.99. The third-order valence-corrected chi connectivity index (χ3v) is 5.42. The number of ether oxygens (including phenoxy) is 2. The third-order valence-electron chi connectivity index (χ3n) is 5.42. The molecule has 1 aliphatic rings. The second-order valence-electron chi connectivity index (χ2n) is 7.75. The number of carbonyl (C=O) groups is 2. The molecule has 0 aliphatic heterocycles. The number of rotatable bonds is 7. The van der Waals surface area contributed by atoms with E-state index in [1.54, 1.807) is 27.0 Å². The Morgan fingerprint density at radius 2 is 2.00 bits per heavy atom. The van der Waals surface area contributed by atoms with Crippen LogP contribution in [0.15, 0.2) is 12.4 Å². The summed E-state index contributed by atoms with van der Waals surface area (Å²) < 4.78 is 12.2. The average molecular weight is 403 g/mol. The van der Waals surface area contributed by atoms with Gasteiger partial charge in [-0.2, -0.15) is 5.10 Å². The normalized spacial score (nSPS) is 23.7. The van der Waals surface area contributed by atoms with Crippen LogP contribution < -0.4 is 11.1 Å². The number of hydrogen-bond donors (Lipinski definition) is 2. The quantitative estimate of drug-likeness (QED) is 0.676. The summed E-state index contributed by atoms with van der Waals surface area (Å²) in [5.41, 5.74) is 4.38. The van der Waals surface area contributed by atoms with E-state index >= 15 is 0 Å². The molecule has 2 unspecified atom stereocenters. The average Bonchev–Trinajstić information content (AvgIpc) is 3.03. The maximum absolute atomic E-state index is 12.8. The van der Waals surface area contributed by atoms with Crippen molar-refractivity contribution in [3.05, 3.63) is 12.4 Å². The molecule has 3 N–H and O–H groups in total. The van der Waals surface area contributed by atoms with Crippen molar-refractivity contribution in [2.75, 3.05) is 18.5 Å². The van der Waals surface area contributed by atoms with E-state index < -0.39 is 22.5 Å². The number of hydrogen-bond acceptors (Lipinski definition) is 6. The lowest BCUT2D eigenvalue weighted by atomic mass is 9.54. The van der Waals surface area contributed by atoms with Gasteiger partial charge in [-0.15, -0.1) is 12.4 Å². The Morgan fingerprint density at radius 3 is 2.52 bits per heavy atom. The molecule has 8 nitrogen and oxygen atoms in total. The molecule has 1 aromatic rings. The van der Waals surface area contributed by atoms with Gasteiger partial charge in [0.05, 0.1) is 24.6 Å². The Labute approximate surface area is 166 Å². The van der Waals surface area contributed by atoms with Gasteiger partial charge in [-0.1, -0.05) is 13.8 Å². The number of nitrogens with two attached hydrogens (primary N) is 1. The second kappa shape index (κ2) is 8.16. The first kappa shape index (κ1) is 23.4. The molecule has 1 aromatic heterocycles. The van der Waals surface area contributed by atoms with Crippen molar-refractivity contribution in [1.29, 1.82) is 0 Å². The lowest BCUT2D eigenvalue weighted by molar-refractivity contribution is -0.166. The molecular weight excluding hydrogens is 372 g/mol. The fraction of sp³-hybridized carbons (Fsp3) is 0.722. The molecule has 0 aromatic carbocycles. The van der Waals surface area contributed by atoms with Crippen molar-refractivity contribution in [2.45, 2.75) is 65.1 Å². The van der Waals surface area contributed by atoms with Crippen LogP contribution in [0.1, 0.15) is 48.0 Å². The van der Waals surface area contributed by atoms with Crippen LogP contribution in [0.4, 0.5) is 5.69 Å². The van der Waals surface area contributed by atoms with Gasteiger partial charge in [-0.25, -0.2) is 4.79 Å². The summed E-state index contributed by atoms with van der Waals surface area (Å²) in [7, 11) is 0. The van der Waals surface area contributed by atoms with Crippen molar-refractivity contribution in [1.82, 2.24) is 9.78 Å². The predicted molar refractivity (Wildman–Crippen MR) is 105 cm³/mol. The maximum atomic E-state index is 12.8. The van der Waals surface area contributed by atoms with Crippen molar-refractivity contribution in [2.24, 2.45) is 11.1 Å². The standard InChI is InChI=1S/C18H30N4O4.ClH/c1-7-25-13-9-18(19,16(13,3)4)14(23)21-12-10-20-22(11-12)17(5,6)15(24)26-8-2;/h10-11,13H,7-9,19H2,1-6H3,(H,21,23);1H. The van der Waals surface area contributed by atoms with Gasteiger partial charge in [0.15, 0.2) is 5.54 Å².